The molecule has 1 aromatic heterocycles. The quantitative estimate of drug-likeness (QED) is 0.850. The van der Waals surface area contributed by atoms with Crippen molar-refractivity contribution in [2.75, 3.05) is 0 Å². The molecule has 1 unspecified atom stereocenters. The minimum Gasteiger partial charge on any atom is -0.480 e. The van der Waals surface area contributed by atoms with Crippen LogP contribution in [0.3, 0.4) is 0 Å². The molecule has 19 heavy (non-hydrogen) atoms. The summed E-state index contributed by atoms with van der Waals surface area (Å²) in [7, 11) is 0. The van der Waals surface area contributed by atoms with Crippen molar-refractivity contribution in [2.24, 2.45) is 0 Å². The van der Waals surface area contributed by atoms with Crippen LogP contribution in [0.15, 0.2) is 53.6 Å². The number of carboxylic acids is 1. The summed E-state index contributed by atoms with van der Waals surface area (Å²) in [4.78, 5) is 15.7. The van der Waals surface area contributed by atoms with Crippen molar-refractivity contribution >= 4 is 17.7 Å². The monoisotopic (exact) mass is 273 g/mol. The predicted octanol–water partition coefficient (Wildman–Crippen LogP) is 3.18. The number of hydrogen-bond donors (Lipinski definition) is 1. The van der Waals surface area contributed by atoms with E-state index in [1.54, 1.807) is 0 Å². The van der Waals surface area contributed by atoms with Gasteiger partial charge in [-0.05, 0) is 31.0 Å². The Bertz CT molecular complexity index is 557. The summed E-state index contributed by atoms with van der Waals surface area (Å²) in [5, 5.41) is 9.55. The minimum absolute atomic E-state index is 0.496. The lowest BCUT2D eigenvalue weighted by Crippen LogP contribution is -2.19. The molecule has 0 aliphatic heterocycles. The van der Waals surface area contributed by atoms with Crippen LogP contribution in [0.1, 0.15) is 11.3 Å². The molecule has 0 bridgehead atoms. The molecule has 0 aliphatic rings. The Hall–Kier alpha value is -1.81. The zero-order valence-electron chi connectivity index (χ0n) is 10.6. The van der Waals surface area contributed by atoms with E-state index in [0.717, 1.165) is 16.3 Å². The molecule has 4 heteroatoms. The van der Waals surface area contributed by atoms with Gasteiger partial charge in [0.1, 0.15) is 5.25 Å². The lowest BCUT2D eigenvalue weighted by molar-refractivity contribution is -0.136. The summed E-state index contributed by atoms with van der Waals surface area (Å²) in [6.07, 6.45) is 0.496. The number of thioether (sulfide) groups is 1. The second-order valence-electron chi connectivity index (χ2n) is 4.25. The van der Waals surface area contributed by atoms with E-state index < -0.39 is 11.2 Å². The van der Waals surface area contributed by atoms with Gasteiger partial charge in [0.25, 0.3) is 0 Å². The summed E-state index contributed by atoms with van der Waals surface area (Å²) in [5.74, 6) is -0.808. The summed E-state index contributed by atoms with van der Waals surface area (Å²) in [6, 6.07) is 15.3. The van der Waals surface area contributed by atoms with Gasteiger partial charge in [0.05, 0.1) is 5.03 Å². The number of pyridine rings is 1. The van der Waals surface area contributed by atoms with Crippen molar-refractivity contribution in [1.29, 1.82) is 0 Å². The maximum absolute atomic E-state index is 11.3. The average Bonchev–Trinajstić information content (AvgIpc) is 2.39. The maximum Gasteiger partial charge on any atom is 0.317 e. The second kappa shape index (κ2) is 6.38. The van der Waals surface area contributed by atoms with Crippen molar-refractivity contribution in [1.82, 2.24) is 4.98 Å². The zero-order valence-corrected chi connectivity index (χ0v) is 11.4. The molecule has 1 atom stereocenters. The first-order valence-electron chi connectivity index (χ1n) is 6.02. The van der Waals surface area contributed by atoms with Crippen LogP contribution in [0.2, 0.25) is 0 Å². The Morgan fingerprint density at radius 1 is 1.21 bits per heavy atom. The molecule has 2 aromatic rings. The van der Waals surface area contributed by atoms with Crippen LogP contribution < -0.4 is 0 Å². The molecular formula is C15H15NO2S. The van der Waals surface area contributed by atoms with E-state index in [2.05, 4.69) is 4.98 Å². The van der Waals surface area contributed by atoms with E-state index in [1.807, 2.05) is 55.5 Å². The van der Waals surface area contributed by atoms with Crippen molar-refractivity contribution in [3.05, 3.63) is 59.8 Å². The largest absolute Gasteiger partial charge is 0.480 e. The molecule has 0 saturated heterocycles. The average molecular weight is 273 g/mol. The first kappa shape index (κ1) is 13.6. The molecule has 2 rings (SSSR count). The normalized spacial score (nSPS) is 12.1. The third-order valence-corrected chi connectivity index (χ3v) is 3.79. The fourth-order valence-corrected chi connectivity index (χ4v) is 2.76. The topological polar surface area (TPSA) is 50.2 Å². The summed E-state index contributed by atoms with van der Waals surface area (Å²) in [6.45, 7) is 1.90. The fourth-order valence-electron chi connectivity index (χ4n) is 1.74. The van der Waals surface area contributed by atoms with Gasteiger partial charge in [-0.1, -0.05) is 48.2 Å². The van der Waals surface area contributed by atoms with E-state index in [4.69, 9.17) is 0 Å². The highest BCUT2D eigenvalue weighted by Crippen LogP contribution is 2.24. The lowest BCUT2D eigenvalue weighted by atomic mass is 10.1. The number of benzene rings is 1. The first-order valence-corrected chi connectivity index (χ1v) is 6.90. The van der Waals surface area contributed by atoms with Crippen molar-refractivity contribution in [2.45, 2.75) is 23.6 Å². The molecule has 0 spiro atoms. The van der Waals surface area contributed by atoms with Crippen LogP contribution in [0, 0.1) is 6.92 Å². The highest BCUT2D eigenvalue weighted by atomic mass is 32.2. The number of carboxylic acid groups (broad SMARTS) is 1. The number of carbonyl (C=O) groups is 1. The Balaban J connectivity index is 2.11. The van der Waals surface area contributed by atoms with Gasteiger partial charge in [-0.15, -0.1) is 0 Å². The molecular weight excluding hydrogens is 258 g/mol. The maximum atomic E-state index is 11.3. The van der Waals surface area contributed by atoms with Gasteiger partial charge >= 0.3 is 5.97 Å². The molecule has 98 valence electrons. The SMILES string of the molecule is Cc1cccc(SC(Cc2ccccc2)C(=O)O)n1. The number of nitrogens with zero attached hydrogens (tertiary/aromatic N) is 1. The van der Waals surface area contributed by atoms with Crippen LogP contribution in [0.4, 0.5) is 0 Å². The van der Waals surface area contributed by atoms with Gasteiger partial charge in [-0.2, -0.15) is 0 Å². The van der Waals surface area contributed by atoms with Crippen LogP contribution >= 0.6 is 11.8 Å². The van der Waals surface area contributed by atoms with Crippen molar-refractivity contribution in [3.63, 3.8) is 0 Å². The van der Waals surface area contributed by atoms with Crippen molar-refractivity contribution in [3.8, 4) is 0 Å². The van der Waals surface area contributed by atoms with Crippen LogP contribution in [0.5, 0.6) is 0 Å². The van der Waals surface area contributed by atoms with Crippen LogP contribution in [0.25, 0.3) is 0 Å². The number of aliphatic carboxylic acids is 1. The number of hydrogen-bond acceptors (Lipinski definition) is 3. The fraction of sp³-hybridized carbons (Fsp3) is 0.200. The van der Waals surface area contributed by atoms with E-state index in [0.29, 0.717) is 6.42 Å². The molecule has 1 aromatic carbocycles. The molecule has 0 amide bonds. The smallest absolute Gasteiger partial charge is 0.317 e. The van der Waals surface area contributed by atoms with Gasteiger partial charge in [-0.3, -0.25) is 4.79 Å². The third-order valence-electron chi connectivity index (χ3n) is 2.67. The Labute approximate surface area is 116 Å². The van der Waals surface area contributed by atoms with E-state index in [1.165, 1.54) is 11.8 Å². The first-order chi connectivity index (χ1) is 9.15. The van der Waals surface area contributed by atoms with Crippen LogP contribution in [-0.2, 0) is 11.2 Å². The van der Waals surface area contributed by atoms with Gasteiger partial charge in [0.15, 0.2) is 0 Å². The standard InChI is InChI=1S/C15H15NO2S/c1-11-6-5-9-14(16-11)19-13(15(17)18)10-12-7-3-2-4-8-12/h2-9,13H,10H2,1H3,(H,17,18). The molecule has 1 heterocycles. The van der Waals surface area contributed by atoms with Gasteiger partial charge < -0.3 is 5.11 Å². The molecule has 0 radical (unpaired) electrons. The van der Waals surface area contributed by atoms with E-state index >= 15 is 0 Å². The Morgan fingerprint density at radius 3 is 2.58 bits per heavy atom. The Morgan fingerprint density at radius 2 is 1.95 bits per heavy atom. The number of aryl methyl sites for hydroxylation is 1. The van der Waals surface area contributed by atoms with Gasteiger partial charge in [-0.25, -0.2) is 4.98 Å². The van der Waals surface area contributed by atoms with E-state index in [-0.39, 0.29) is 0 Å². The van der Waals surface area contributed by atoms with Crippen LogP contribution in [-0.4, -0.2) is 21.3 Å². The predicted molar refractivity (Wildman–Crippen MR) is 76.4 cm³/mol. The second-order valence-corrected chi connectivity index (χ2v) is 5.47. The highest BCUT2D eigenvalue weighted by molar-refractivity contribution is 8.00. The summed E-state index contributed by atoms with van der Waals surface area (Å²) in [5.41, 5.74) is 1.92. The summed E-state index contributed by atoms with van der Waals surface area (Å²) < 4.78 is 0. The summed E-state index contributed by atoms with van der Waals surface area (Å²) >= 11 is 1.30. The Kier molecular flexibility index (Phi) is 4.58. The highest BCUT2D eigenvalue weighted by Gasteiger charge is 2.20. The van der Waals surface area contributed by atoms with Gasteiger partial charge in [0.2, 0.25) is 0 Å². The van der Waals surface area contributed by atoms with Gasteiger partial charge in [0, 0.05) is 5.69 Å². The zero-order chi connectivity index (χ0) is 13.7. The third kappa shape index (κ3) is 4.10. The molecule has 3 nitrogen and oxygen atoms in total. The van der Waals surface area contributed by atoms with Crippen molar-refractivity contribution < 1.29 is 9.90 Å². The molecule has 1 N–H and O–H groups in total. The number of aromatic nitrogens is 1. The molecule has 0 fully saturated rings. The molecule has 0 saturated carbocycles. The number of rotatable bonds is 5. The molecule has 0 aliphatic carbocycles. The lowest BCUT2D eigenvalue weighted by Gasteiger charge is -2.11. The minimum atomic E-state index is -0.808. The van der Waals surface area contributed by atoms with E-state index in [9.17, 15) is 9.90 Å².